The molecule has 0 aromatic heterocycles. The van der Waals surface area contributed by atoms with Crippen LogP contribution in [-0.2, 0) is 0 Å². The molecule has 0 spiro atoms. The van der Waals surface area contributed by atoms with E-state index in [1.807, 2.05) is 24.3 Å². The van der Waals surface area contributed by atoms with Crippen molar-refractivity contribution in [2.24, 2.45) is 0 Å². The smallest absolute Gasteiger partial charge is 0.135 e. The Balaban J connectivity index is 1.32. The van der Waals surface area contributed by atoms with Gasteiger partial charge in [0.05, 0.1) is 11.8 Å². The molecule has 9 heteroatoms. The lowest BCUT2D eigenvalue weighted by Crippen LogP contribution is -2.16. The fourth-order valence-corrected chi connectivity index (χ4v) is 7.29. The first-order valence-corrected chi connectivity index (χ1v) is 16.3. The van der Waals surface area contributed by atoms with Crippen molar-refractivity contribution in [1.82, 2.24) is 0 Å². The summed E-state index contributed by atoms with van der Waals surface area (Å²) in [5.41, 5.74) is 5.70. The van der Waals surface area contributed by atoms with E-state index in [1.165, 1.54) is 24.3 Å². The van der Waals surface area contributed by atoms with Crippen LogP contribution in [0.2, 0.25) is 0 Å². The van der Waals surface area contributed by atoms with E-state index in [4.69, 9.17) is 9.47 Å². The molecule has 0 unspecified atom stereocenters. The molecular weight excluding hydrogens is 648 g/mol. The van der Waals surface area contributed by atoms with Crippen molar-refractivity contribution in [1.29, 1.82) is 0 Å². The van der Waals surface area contributed by atoms with E-state index in [-0.39, 0.29) is 40.2 Å². The minimum atomic E-state index is -0.663. The molecule has 0 saturated heterocycles. The zero-order valence-corrected chi connectivity index (χ0v) is 26.9. The standard InChI is InChI=1S/C42H32O9/c43-27-8-4-24(5-9-27)41-38(26-16-31(47)19-32(48)17-26)40-35(20-33(49)21-37(40)51-41)39-34-15-22(1-2-23-13-29(45)18-30(46)14-23)3-12-36(34)50-42(39)25-6-10-28(44)11-7-25/h1-21,38-39,41-49H/t38-,39+,41+,42+/m0/s1. The average molecular weight is 681 g/mol. The van der Waals surface area contributed by atoms with Crippen molar-refractivity contribution >= 4 is 12.2 Å². The molecule has 0 radical (unpaired) electrons. The molecule has 2 aliphatic rings. The van der Waals surface area contributed by atoms with Crippen molar-refractivity contribution in [3.8, 4) is 51.7 Å². The van der Waals surface area contributed by atoms with E-state index in [9.17, 15) is 35.7 Å². The number of rotatable bonds is 6. The Morgan fingerprint density at radius 2 is 0.882 bits per heavy atom. The number of ether oxygens (including phenoxy) is 2. The summed E-state index contributed by atoms with van der Waals surface area (Å²) in [4.78, 5) is 0. The fourth-order valence-electron chi connectivity index (χ4n) is 7.29. The maximum atomic E-state index is 11.2. The molecule has 0 bridgehead atoms. The summed E-state index contributed by atoms with van der Waals surface area (Å²) in [5, 5.41) is 72.5. The number of hydrogen-bond donors (Lipinski definition) is 7. The number of phenolic OH excluding ortho intramolecular Hbond substituents is 7. The van der Waals surface area contributed by atoms with E-state index in [1.54, 1.807) is 78.9 Å². The minimum absolute atomic E-state index is 0.0368. The monoisotopic (exact) mass is 680 g/mol. The van der Waals surface area contributed by atoms with Crippen LogP contribution >= 0.6 is 0 Å². The number of fused-ring (bicyclic) bond motifs is 2. The van der Waals surface area contributed by atoms with Crippen molar-refractivity contribution < 1.29 is 45.2 Å². The number of benzene rings is 6. The van der Waals surface area contributed by atoms with Gasteiger partial charge in [0, 0.05) is 29.3 Å². The van der Waals surface area contributed by atoms with E-state index in [2.05, 4.69) is 0 Å². The fraction of sp³-hybridized carbons (Fsp3) is 0.0952. The Morgan fingerprint density at radius 3 is 1.49 bits per heavy atom. The Hall–Kier alpha value is -6.74. The molecule has 2 heterocycles. The van der Waals surface area contributed by atoms with Gasteiger partial charge in [-0.2, -0.15) is 0 Å². The maximum Gasteiger partial charge on any atom is 0.135 e. The van der Waals surface area contributed by atoms with Crippen molar-refractivity contribution in [3.63, 3.8) is 0 Å². The van der Waals surface area contributed by atoms with Gasteiger partial charge in [-0.3, -0.25) is 0 Å². The van der Waals surface area contributed by atoms with Crippen LogP contribution in [0.3, 0.4) is 0 Å². The number of phenols is 7. The minimum Gasteiger partial charge on any atom is -0.508 e. The summed E-state index contributed by atoms with van der Waals surface area (Å²) in [7, 11) is 0. The maximum absolute atomic E-state index is 11.2. The summed E-state index contributed by atoms with van der Waals surface area (Å²) in [6.07, 6.45) is 2.37. The lowest BCUT2D eigenvalue weighted by molar-refractivity contribution is 0.220. The second-order valence-corrected chi connectivity index (χ2v) is 12.9. The summed E-state index contributed by atoms with van der Waals surface area (Å²) < 4.78 is 13.3. The van der Waals surface area contributed by atoms with E-state index in [0.717, 1.165) is 27.8 Å². The highest BCUT2D eigenvalue weighted by atomic mass is 16.5. The third kappa shape index (κ3) is 5.95. The zero-order valence-electron chi connectivity index (χ0n) is 26.9. The van der Waals surface area contributed by atoms with Crippen LogP contribution in [0.4, 0.5) is 0 Å². The molecule has 8 rings (SSSR count). The third-order valence-corrected chi connectivity index (χ3v) is 9.41. The van der Waals surface area contributed by atoms with Crippen LogP contribution in [0.15, 0.2) is 115 Å². The Morgan fingerprint density at radius 1 is 0.373 bits per heavy atom. The molecule has 254 valence electrons. The highest BCUT2D eigenvalue weighted by Crippen LogP contribution is 2.59. The molecule has 0 aliphatic carbocycles. The Bertz CT molecular complexity index is 2270. The Labute approximate surface area is 292 Å². The van der Waals surface area contributed by atoms with Gasteiger partial charge in [-0.05, 0) is 100 Å². The van der Waals surface area contributed by atoms with Gasteiger partial charge >= 0.3 is 0 Å². The molecule has 7 N–H and O–H groups in total. The van der Waals surface area contributed by atoms with Gasteiger partial charge in [0.15, 0.2) is 0 Å². The van der Waals surface area contributed by atoms with Gasteiger partial charge in [-0.15, -0.1) is 0 Å². The quantitative estimate of drug-likeness (QED) is 0.0858. The number of aromatic hydroxyl groups is 7. The Kier molecular flexibility index (Phi) is 7.60. The van der Waals surface area contributed by atoms with Gasteiger partial charge in [0.1, 0.15) is 64.0 Å². The van der Waals surface area contributed by atoms with E-state index >= 15 is 0 Å². The zero-order chi connectivity index (χ0) is 35.4. The second kappa shape index (κ2) is 12.3. The van der Waals surface area contributed by atoms with Crippen molar-refractivity contribution in [2.45, 2.75) is 24.0 Å². The summed E-state index contributed by atoms with van der Waals surface area (Å²) in [6.45, 7) is 0. The van der Waals surface area contributed by atoms with Crippen LogP contribution in [0.25, 0.3) is 12.2 Å². The SMILES string of the molecule is Oc1ccc([C@H]2Oc3ccc(C=Cc4cc(O)cc(O)c4)cc3[C@@H]2c2cc(O)cc3c2[C@H](c2cc(O)cc(O)c2)[C@@H](c2ccc(O)cc2)O3)cc1. The third-order valence-electron chi connectivity index (χ3n) is 9.41. The predicted molar refractivity (Wildman–Crippen MR) is 190 cm³/mol. The van der Waals surface area contributed by atoms with E-state index < -0.39 is 24.0 Å². The summed E-state index contributed by atoms with van der Waals surface area (Å²) in [5.74, 6) is -0.301. The average Bonchev–Trinajstić information content (AvgIpc) is 3.66. The molecule has 4 atom stereocenters. The van der Waals surface area contributed by atoms with Gasteiger partial charge in [-0.1, -0.05) is 42.5 Å². The first-order chi connectivity index (χ1) is 24.6. The van der Waals surface area contributed by atoms with E-state index in [0.29, 0.717) is 28.2 Å². The summed E-state index contributed by atoms with van der Waals surface area (Å²) in [6, 6.07) is 31.1. The van der Waals surface area contributed by atoms with Gasteiger partial charge < -0.3 is 45.2 Å². The summed E-state index contributed by atoms with van der Waals surface area (Å²) >= 11 is 0. The molecule has 6 aromatic carbocycles. The van der Waals surface area contributed by atoms with Gasteiger partial charge in [0.2, 0.25) is 0 Å². The highest BCUT2D eigenvalue weighted by Gasteiger charge is 2.45. The molecule has 6 aromatic rings. The molecule has 0 fully saturated rings. The normalized spacial score (nSPS) is 19.0. The molecular formula is C42H32O9. The van der Waals surface area contributed by atoms with Gasteiger partial charge in [0.25, 0.3) is 0 Å². The molecule has 0 saturated carbocycles. The van der Waals surface area contributed by atoms with Crippen LogP contribution in [0.5, 0.6) is 51.7 Å². The lowest BCUT2D eigenvalue weighted by Gasteiger charge is -2.26. The first-order valence-electron chi connectivity index (χ1n) is 16.3. The largest absolute Gasteiger partial charge is 0.508 e. The topological polar surface area (TPSA) is 160 Å². The van der Waals surface area contributed by atoms with Crippen molar-refractivity contribution in [2.75, 3.05) is 0 Å². The lowest BCUT2D eigenvalue weighted by atomic mass is 9.76. The van der Waals surface area contributed by atoms with Crippen LogP contribution < -0.4 is 9.47 Å². The highest BCUT2D eigenvalue weighted by molar-refractivity contribution is 5.73. The van der Waals surface area contributed by atoms with Gasteiger partial charge in [-0.25, -0.2) is 0 Å². The van der Waals surface area contributed by atoms with Crippen LogP contribution in [-0.4, -0.2) is 35.7 Å². The second-order valence-electron chi connectivity index (χ2n) is 12.9. The molecule has 0 amide bonds. The van der Waals surface area contributed by atoms with Crippen LogP contribution in [0.1, 0.15) is 68.6 Å². The van der Waals surface area contributed by atoms with Crippen LogP contribution in [0, 0.1) is 0 Å². The molecule has 51 heavy (non-hydrogen) atoms. The first kappa shape index (κ1) is 31.5. The molecule has 2 aliphatic heterocycles. The molecule has 9 nitrogen and oxygen atoms in total. The number of hydrogen-bond acceptors (Lipinski definition) is 9. The van der Waals surface area contributed by atoms with Crippen molar-refractivity contribution in [3.05, 3.63) is 160 Å². The predicted octanol–water partition coefficient (Wildman–Crippen LogP) is 8.33.